The zero-order chi connectivity index (χ0) is 14.2. The summed E-state index contributed by atoms with van der Waals surface area (Å²) in [4.78, 5) is 0. The van der Waals surface area contributed by atoms with E-state index in [9.17, 15) is 0 Å². The van der Waals surface area contributed by atoms with Crippen molar-refractivity contribution in [1.82, 2.24) is 0 Å². The van der Waals surface area contributed by atoms with E-state index in [2.05, 4.69) is 48.5 Å². The summed E-state index contributed by atoms with van der Waals surface area (Å²) in [6.45, 7) is 0. The summed E-state index contributed by atoms with van der Waals surface area (Å²) in [5, 5.41) is 2.44. The quantitative estimate of drug-likeness (QED) is 0.771. The van der Waals surface area contributed by atoms with Crippen LogP contribution in [0, 0.1) is 0 Å². The summed E-state index contributed by atoms with van der Waals surface area (Å²) in [6.07, 6.45) is 0.883. The normalized spacial score (nSPS) is 18.2. The number of para-hydroxylation sites is 1. The average Bonchev–Trinajstić information content (AvgIpc) is 2.97. The minimum atomic E-state index is -0.122. The minimum absolute atomic E-state index is 0.00760. The largest absolute Gasteiger partial charge is 0.488 e. The lowest BCUT2D eigenvalue weighted by molar-refractivity contribution is 0.200. The molecule has 21 heavy (non-hydrogen) atoms. The molecule has 2 atom stereocenters. The molecule has 0 aromatic heterocycles. The maximum absolute atomic E-state index is 6.52. The number of ether oxygens (including phenoxy) is 1. The molecule has 2 nitrogen and oxygen atoms in total. The molecule has 0 bridgehead atoms. The summed E-state index contributed by atoms with van der Waals surface area (Å²) < 4.78 is 6.05. The monoisotopic (exact) mass is 275 g/mol. The van der Waals surface area contributed by atoms with Crippen LogP contribution >= 0.6 is 0 Å². The maximum Gasteiger partial charge on any atom is 0.123 e. The zero-order valence-electron chi connectivity index (χ0n) is 11.7. The molecular formula is C19H17NO. The Labute approximate surface area is 124 Å². The van der Waals surface area contributed by atoms with Crippen molar-refractivity contribution in [1.29, 1.82) is 0 Å². The maximum atomic E-state index is 6.52. The highest BCUT2D eigenvalue weighted by Gasteiger charge is 2.29. The van der Waals surface area contributed by atoms with E-state index in [1.165, 1.54) is 16.3 Å². The number of hydrogen-bond acceptors (Lipinski definition) is 2. The molecule has 0 radical (unpaired) electrons. The van der Waals surface area contributed by atoms with E-state index in [1.807, 2.05) is 18.2 Å². The van der Waals surface area contributed by atoms with Crippen LogP contribution in [0.3, 0.4) is 0 Å². The first kappa shape index (κ1) is 12.4. The van der Waals surface area contributed by atoms with Gasteiger partial charge in [-0.3, -0.25) is 0 Å². The third-order valence-electron chi connectivity index (χ3n) is 4.26. The molecule has 0 saturated heterocycles. The van der Waals surface area contributed by atoms with Crippen molar-refractivity contribution in [2.45, 2.75) is 18.6 Å². The third-order valence-corrected chi connectivity index (χ3v) is 4.26. The fourth-order valence-corrected chi connectivity index (χ4v) is 3.15. The Morgan fingerprint density at radius 2 is 1.67 bits per heavy atom. The number of hydrogen-bond donors (Lipinski definition) is 1. The van der Waals surface area contributed by atoms with Crippen molar-refractivity contribution in [2.75, 3.05) is 0 Å². The van der Waals surface area contributed by atoms with E-state index >= 15 is 0 Å². The summed E-state index contributed by atoms with van der Waals surface area (Å²) in [7, 11) is 0. The van der Waals surface area contributed by atoms with Crippen LogP contribution in [-0.4, -0.2) is 6.10 Å². The summed E-state index contributed by atoms with van der Waals surface area (Å²) in [5.74, 6) is 0.971. The van der Waals surface area contributed by atoms with Crippen LogP contribution in [0.15, 0.2) is 66.7 Å². The molecule has 0 saturated carbocycles. The Kier molecular flexibility index (Phi) is 2.90. The first-order chi connectivity index (χ1) is 10.3. The van der Waals surface area contributed by atoms with Crippen molar-refractivity contribution >= 4 is 10.8 Å². The van der Waals surface area contributed by atoms with Crippen molar-refractivity contribution in [2.24, 2.45) is 5.73 Å². The van der Waals surface area contributed by atoms with Gasteiger partial charge in [-0.1, -0.05) is 60.7 Å². The Morgan fingerprint density at radius 3 is 2.57 bits per heavy atom. The van der Waals surface area contributed by atoms with Crippen molar-refractivity contribution in [3.8, 4) is 5.75 Å². The first-order valence-electron chi connectivity index (χ1n) is 7.31. The van der Waals surface area contributed by atoms with Crippen LogP contribution in [0.5, 0.6) is 5.75 Å². The molecule has 0 amide bonds. The van der Waals surface area contributed by atoms with Crippen molar-refractivity contribution in [3.63, 3.8) is 0 Å². The molecule has 2 unspecified atom stereocenters. The Balaban J connectivity index is 1.71. The van der Waals surface area contributed by atoms with Crippen LogP contribution in [0.1, 0.15) is 17.2 Å². The number of benzene rings is 3. The summed E-state index contributed by atoms with van der Waals surface area (Å²) >= 11 is 0. The lowest BCUT2D eigenvalue weighted by atomic mass is 9.94. The van der Waals surface area contributed by atoms with Gasteiger partial charge in [0.25, 0.3) is 0 Å². The highest BCUT2D eigenvalue weighted by Crippen LogP contribution is 2.34. The van der Waals surface area contributed by atoms with Gasteiger partial charge in [0.2, 0.25) is 0 Å². The highest BCUT2D eigenvalue weighted by molar-refractivity contribution is 5.86. The smallest absolute Gasteiger partial charge is 0.123 e. The lowest BCUT2D eigenvalue weighted by Gasteiger charge is -2.21. The van der Waals surface area contributed by atoms with Gasteiger partial charge in [0.1, 0.15) is 11.9 Å². The van der Waals surface area contributed by atoms with Crippen LogP contribution < -0.4 is 10.5 Å². The molecule has 2 heteroatoms. The fourth-order valence-electron chi connectivity index (χ4n) is 3.15. The van der Waals surface area contributed by atoms with E-state index in [-0.39, 0.29) is 12.1 Å². The molecule has 104 valence electrons. The number of rotatable bonds is 2. The molecular weight excluding hydrogens is 258 g/mol. The molecule has 0 fully saturated rings. The van der Waals surface area contributed by atoms with Gasteiger partial charge >= 0.3 is 0 Å². The molecule has 2 N–H and O–H groups in total. The average molecular weight is 275 g/mol. The van der Waals surface area contributed by atoms with Gasteiger partial charge in [-0.15, -0.1) is 0 Å². The lowest BCUT2D eigenvalue weighted by Crippen LogP contribution is -2.30. The van der Waals surface area contributed by atoms with E-state index in [4.69, 9.17) is 10.5 Å². The zero-order valence-corrected chi connectivity index (χ0v) is 11.7. The molecule has 1 aliphatic heterocycles. The van der Waals surface area contributed by atoms with Crippen molar-refractivity contribution < 1.29 is 4.74 Å². The SMILES string of the molecule is NC(c1cccc2ccccc12)C1Cc2ccccc2O1. The predicted octanol–water partition coefficient (Wildman–Crippen LogP) is 3.84. The Hall–Kier alpha value is -2.32. The standard InChI is InChI=1S/C19H17NO/c20-19(18-12-14-7-2-4-11-17(14)21-18)16-10-5-8-13-6-1-3-9-15(13)16/h1-11,18-19H,12,20H2. The van der Waals surface area contributed by atoms with Crippen LogP contribution in [0.4, 0.5) is 0 Å². The van der Waals surface area contributed by atoms with E-state index < -0.39 is 0 Å². The van der Waals surface area contributed by atoms with E-state index in [0.717, 1.165) is 17.7 Å². The van der Waals surface area contributed by atoms with Crippen molar-refractivity contribution in [3.05, 3.63) is 77.9 Å². The summed E-state index contributed by atoms with van der Waals surface area (Å²) in [6, 6.07) is 22.7. The van der Waals surface area contributed by atoms with Gasteiger partial charge in [0.15, 0.2) is 0 Å². The topological polar surface area (TPSA) is 35.2 Å². The van der Waals surface area contributed by atoms with Gasteiger partial charge in [-0.2, -0.15) is 0 Å². The number of nitrogens with two attached hydrogens (primary N) is 1. The third kappa shape index (κ3) is 2.08. The second-order valence-corrected chi connectivity index (χ2v) is 5.56. The van der Waals surface area contributed by atoms with Gasteiger partial charge in [-0.25, -0.2) is 0 Å². The van der Waals surface area contributed by atoms with E-state index in [1.54, 1.807) is 0 Å². The predicted molar refractivity (Wildman–Crippen MR) is 85.4 cm³/mol. The molecule has 1 heterocycles. The highest BCUT2D eigenvalue weighted by atomic mass is 16.5. The van der Waals surface area contributed by atoms with Crippen LogP contribution in [0.25, 0.3) is 10.8 Å². The second kappa shape index (κ2) is 4.90. The number of fused-ring (bicyclic) bond motifs is 2. The van der Waals surface area contributed by atoms with Crippen LogP contribution in [0.2, 0.25) is 0 Å². The fraction of sp³-hybridized carbons (Fsp3) is 0.158. The molecule has 0 spiro atoms. The Morgan fingerprint density at radius 1 is 0.905 bits per heavy atom. The van der Waals surface area contributed by atoms with Gasteiger partial charge in [0, 0.05) is 6.42 Å². The second-order valence-electron chi connectivity index (χ2n) is 5.56. The minimum Gasteiger partial charge on any atom is -0.488 e. The first-order valence-corrected chi connectivity index (χ1v) is 7.31. The van der Waals surface area contributed by atoms with E-state index in [0.29, 0.717) is 0 Å². The molecule has 1 aliphatic rings. The van der Waals surface area contributed by atoms with Crippen LogP contribution in [-0.2, 0) is 6.42 Å². The molecule has 0 aliphatic carbocycles. The molecule has 3 aromatic rings. The molecule has 3 aromatic carbocycles. The summed E-state index contributed by atoms with van der Waals surface area (Å²) in [5.41, 5.74) is 8.93. The molecule has 4 rings (SSSR count). The van der Waals surface area contributed by atoms with Gasteiger partial charge in [-0.05, 0) is 28.0 Å². The Bertz CT molecular complexity index is 766. The van der Waals surface area contributed by atoms with Gasteiger partial charge < -0.3 is 10.5 Å². The van der Waals surface area contributed by atoms with Gasteiger partial charge in [0.05, 0.1) is 6.04 Å².